The first-order chi connectivity index (χ1) is 11.5. The van der Waals surface area contributed by atoms with Gasteiger partial charge in [-0.3, -0.25) is 0 Å². The molecule has 1 aromatic heterocycles. The van der Waals surface area contributed by atoms with Gasteiger partial charge in [-0.2, -0.15) is 13.2 Å². The van der Waals surface area contributed by atoms with Gasteiger partial charge in [0.1, 0.15) is 0 Å². The van der Waals surface area contributed by atoms with Crippen molar-refractivity contribution in [3.8, 4) is 11.5 Å². The van der Waals surface area contributed by atoms with Crippen LogP contribution in [-0.4, -0.2) is 10.2 Å². The number of hydrogen-bond acceptors (Lipinski definition) is 4. The molecule has 0 atom stereocenters. The summed E-state index contributed by atoms with van der Waals surface area (Å²) in [4.78, 5) is 0. The molecule has 3 rings (SSSR count). The lowest BCUT2D eigenvalue weighted by Gasteiger charge is -2.11. The van der Waals surface area contributed by atoms with Crippen LogP contribution in [0, 0.1) is 0 Å². The van der Waals surface area contributed by atoms with Crippen LogP contribution < -0.4 is 5.32 Å². The lowest BCUT2D eigenvalue weighted by atomic mass is 10.1. The summed E-state index contributed by atoms with van der Waals surface area (Å²) in [6, 6.07) is 11.9. The van der Waals surface area contributed by atoms with Crippen LogP contribution in [0.4, 0.5) is 24.5 Å². The quantitative estimate of drug-likeness (QED) is 0.719. The number of aromatic nitrogens is 2. The van der Waals surface area contributed by atoms with E-state index < -0.39 is 11.7 Å². The molecule has 0 saturated heterocycles. The fraction of sp³-hybridized carbons (Fsp3) is 0.0588. The van der Waals surface area contributed by atoms with E-state index in [0.717, 1.165) is 12.1 Å². The Bertz CT molecular complexity index is 854. The van der Waals surface area contributed by atoms with E-state index in [0.29, 0.717) is 22.8 Å². The number of halogens is 3. The average molecular weight is 331 g/mol. The van der Waals surface area contributed by atoms with Crippen molar-refractivity contribution in [3.05, 3.63) is 66.6 Å². The Balaban J connectivity index is 1.89. The Morgan fingerprint density at radius 2 is 1.71 bits per heavy atom. The molecule has 0 aliphatic carbocycles. The standard InChI is InChI=1S/C17H12F3N3O/c1-2-15-22-23-16(24-15)13-5-3-4-6-14(13)21-12-9-7-11(8-10-12)17(18,19)20/h2-10,21H,1H2. The van der Waals surface area contributed by atoms with E-state index in [1.54, 1.807) is 24.3 Å². The van der Waals surface area contributed by atoms with Gasteiger partial charge in [-0.25, -0.2) is 0 Å². The van der Waals surface area contributed by atoms with Gasteiger partial charge in [-0.1, -0.05) is 18.7 Å². The van der Waals surface area contributed by atoms with Crippen molar-refractivity contribution in [1.29, 1.82) is 0 Å². The number of nitrogens with zero attached hydrogens (tertiary/aromatic N) is 2. The van der Waals surface area contributed by atoms with Crippen LogP contribution in [0.5, 0.6) is 0 Å². The summed E-state index contributed by atoms with van der Waals surface area (Å²) in [6.07, 6.45) is -2.93. The van der Waals surface area contributed by atoms with Gasteiger partial charge >= 0.3 is 6.18 Å². The van der Waals surface area contributed by atoms with Crippen molar-refractivity contribution in [3.63, 3.8) is 0 Å². The first-order valence-corrected chi connectivity index (χ1v) is 6.97. The zero-order valence-electron chi connectivity index (χ0n) is 12.3. The molecular formula is C17H12F3N3O. The Kier molecular flexibility index (Phi) is 4.07. The minimum Gasteiger partial charge on any atom is -0.417 e. The number of nitrogens with one attached hydrogen (secondary N) is 1. The second-order valence-electron chi connectivity index (χ2n) is 4.90. The fourth-order valence-electron chi connectivity index (χ4n) is 2.10. The molecule has 7 heteroatoms. The van der Waals surface area contributed by atoms with Gasteiger partial charge in [0, 0.05) is 5.69 Å². The second kappa shape index (κ2) is 6.19. The van der Waals surface area contributed by atoms with Crippen molar-refractivity contribution < 1.29 is 17.6 Å². The Morgan fingerprint density at radius 1 is 1.00 bits per heavy atom. The van der Waals surface area contributed by atoms with Gasteiger partial charge in [0.2, 0.25) is 11.8 Å². The molecule has 0 spiro atoms. The van der Waals surface area contributed by atoms with Crippen molar-refractivity contribution in [2.75, 3.05) is 5.32 Å². The summed E-state index contributed by atoms with van der Waals surface area (Å²) in [5.74, 6) is 0.578. The number of rotatable bonds is 4. The van der Waals surface area contributed by atoms with Crippen molar-refractivity contribution in [2.45, 2.75) is 6.18 Å². The summed E-state index contributed by atoms with van der Waals surface area (Å²) in [7, 11) is 0. The van der Waals surface area contributed by atoms with Crippen molar-refractivity contribution in [2.24, 2.45) is 0 Å². The largest absolute Gasteiger partial charge is 0.417 e. The first-order valence-electron chi connectivity index (χ1n) is 6.97. The minimum absolute atomic E-state index is 0.286. The van der Waals surface area contributed by atoms with E-state index in [1.807, 2.05) is 0 Å². The van der Waals surface area contributed by atoms with Crippen molar-refractivity contribution >= 4 is 17.5 Å². The monoisotopic (exact) mass is 331 g/mol. The Hall–Kier alpha value is -3.09. The maximum Gasteiger partial charge on any atom is 0.416 e. The molecule has 0 amide bonds. The molecule has 0 unspecified atom stereocenters. The Labute approximate surface area is 135 Å². The molecule has 3 aromatic rings. The highest BCUT2D eigenvalue weighted by molar-refractivity contribution is 5.76. The van der Waals surface area contributed by atoms with E-state index in [4.69, 9.17) is 4.42 Å². The van der Waals surface area contributed by atoms with Crippen LogP contribution in [0.3, 0.4) is 0 Å². The summed E-state index contributed by atoms with van der Waals surface area (Å²) in [5, 5.41) is 10.8. The molecule has 1 heterocycles. The van der Waals surface area contributed by atoms with Crippen LogP contribution in [0.25, 0.3) is 17.5 Å². The molecule has 24 heavy (non-hydrogen) atoms. The topological polar surface area (TPSA) is 51.0 Å². The van der Waals surface area contributed by atoms with Gasteiger partial charge < -0.3 is 9.73 Å². The molecular weight excluding hydrogens is 319 g/mol. The third kappa shape index (κ3) is 3.29. The highest BCUT2D eigenvalue weighted by Gasteiger charge is 2.29. The molecule has 2 aromatic carbocycles. The third-order valence-electron chi connectivity index (χ3n) is 3.26. The molecule has 0 saturated carbocycles. The van der Waals surface area contributed by atoms with Crippen LogP contribution in [0.1, 0.15) is 11.5 Å². The molecule has 0 aliphatic rings. The number of para-hydroxylation sites is 1. The Morgan fingerprint density at radius 3 is 2.33 bits per heavy atom. The second-order valence-corrected chi connectivity index (χ2v) is 4.90. The van der Waals surface area contributed by atoms with Gasteiger partial charge in [0.25, 0.3) is 0 Å². The average Bonchev–Trinajstić information content (AvgIpc) is 3.04. The zero-order valence-corrected chi connectivity index (χ0v) is 12.3. The SMILES string of the molecule is C=Cc1nnc(-c2ccccc2Nc2ccc(C(F)(F)F)cc2)o1. The lowest BCUT2D eigenvalue weighted by molar-refractivity contribution is -0.137. The van der Waals surface area contributed by atoms with Gasteiger partial charge in [0.15, 0.2) is 0 Å². The van der Waals surface area contributed by atoms with E-state index in [1.165, 1.54) is 18.2 Å². The maximum atomic E-state index is 12.6. The van der Waals surface area contributed by atoms with Crippen LogP contribution in [0.2, 0.25) is 0 Å². The number of anilines is 2. The highest BCUT2D eigenvalue weighted by Crippen LogP contribution is 2.32. The third-order valence-corrected chi connectivity index (χ3v) is 3.26. The zero-order chi connectivity index (χ0) is 17.2. The van der Waals surface area contributed by atoms with Crippen LogP contribution in [0.15, 0.2) is 59.5 Å². The number of benzene rings is 2. The molecule has 0 radical (unpaired) electrons. The molecule has 0 aliphatic heterocycles. The van der Waals surface area contributed by atoms with Gasteiger partial charge in [0.05, 0.1) is 16.8 Å². The normalized spacial score (nSPS) is 11.3. The van der Waals surface area contributed by atoms with E-state index in [9.17, 15) is 13.2 Å². The molecule has 0 bridgehead atoms. The highest BCUT2D eigenvalue weighted by atomic mass is 19.4. The summed E-state index contributed by atoms with van der Waals surface area (Å²) < 4.78 is 43.3. The molecule has 0 fully saturated rings. The predicted molar refractivity (Wildman–Crippen MR) is 84.6 cm³/mol. The number of alkyl halides is 3. The summed E-state index contributed by atoms with van der Waals surface area (Å²) in [6.45, 7) is 3.55. The molecule has 1 N–H and O–H groups in total. The van der Waals surface area contributed by atoms with Crippen LogP contribution >= 0.6 is 0 Å². The fourth-order valence-corrected chi connectivity index (χ4v) is 2.10. The van der Waals surface area contributed by atoms with E-state index >= 15 is 0 Å². The first kappa shape index (κ1) is 15.8. The van der Waals surface area contributed by atoms with E-state index in [-0.39, 0.29) is 5.89 Å². The van der Waals surface area contributed by atoms with Crippen molar-refractivity contribution in [1.82, 2.24) is 10.2 Å². The summed E-state index contributed by atoms with van der Waals surface area (Å²) >= 11 is 0. The smallest absolute Gasteiger partial charge is 0.416 e. The predicted octanol–water partition coefficient (Wildman–Crippen LogP) is 5.14. The van der Waals surface area contributed by atoms with Gasteiger partial charge in [-0.05, 0) is 42.5 Å². The minimum atomic E-state index is -4.36. The van der Waals surface area contributed by atoms with Crippen LogP contribution in [-0.2, 0) is 6.18 Å². The summed E-state index contributed by atoms with van der Waals surface area (Å²) in [5.41, 5.74) is 1.09. The number of hydrogen-bond donors (Lipinski definition) is 1. The molecule has 4 nitrogen and oxygen atoms in total. The lowest BCUT2D eigenvalue weighted by Crippen LogP contribution is -2.04. The van der Waals surface area contributed by atoms with Gasteiger partial charge in [-0.15, -0.1) is 10.2 Å². The maximum absolute atomic E-state index is 12.6. The molecule has 122 valence electrons. The van der Waals surface area contributed by atoms with E-state index in [2.05, 4.69) is 22.1 Å².